The highest BCUT2D eigenvalue weighted by Crippen LogP contribution is 2.18. The molecule has 2 unspecified atom stereocenters. The van der Waals surface area contributed by atoms with Crippen LogP contribution in [0.3, 0.4) is 0 Å². The molecular weight excluding hydrogens is 324 g/mol. The van der Waals surface area contributed by atoms with Gasteiger partial charge in [0.2, 0.25) is 0 Å². The Kier molecular flexibility index (Phi) is 6.94. The molecule has 0 spiro atoms. The van der Waals surface area contributed by atoms with Crippen LogP contribution in [-0.2, 0) is 9.53 Å². The van der Waals surface area contributed by atoms with Crippen molar-refractivity contribution in [2.24, 2.45) is 5.92 Å². The van der Waals surface area contributed by atoms with Gasteiger partial charge in [0.05, 0.1) is 6.61 Å². The molecule has 1 aliphatic heterocycles. The third-order valence-corrected chi connectivity index (χ3v) is 4.14. The molecule has 1 fully saturated rings. The third-order valence-electron chi connectivity index (χ3n) is 4.14. The molecule has 0 bridgehead atoms. The van der Waals surface area contributed by atoms with Crippen molar-refractivity contribution in [2.75, 3.05) is 19.8 Å². The number of carboxylic acid groups (broad SMARTS) is 1. The second-order valence-corrected chi connectivity index (χ2v) is 6.10. The van der Waals surface area contributed by atoms with Gasteiger partial charge < -0.3 is 20.5 Å². The Hall–Kier alpha value is -2.41. The van der Waals surface area contributed by atoms with Gasteiger partial charge in [-0.2, -0.15) is 0 Å². The molecule has 25 heavy (non-hydrogen) atoms. The van der Waals surface area contributed by atoms with E-state index in [-0.39, 0.29) is 17.4 Å². The van der Waals surface area contributed by atoms with Crippen molar-refractivity contribution in [1.82, 2.24) is 10.6 Å². The van der Waals surface area contributed by atoms with Crippen LogP contribution in [0.1, 0.15) is 46.9 Å². The summed E-state index contributed by atoms with van der Waals surface area (Å²) in [5.74, 6) is -2.11. The normalized spacial score (nSPS) is 18.2. The van der Waals surface area contributed by atoms with E-state index in [1.54, 1.807) is 18.2 Å². The molecule has 2 amide bonds. The van der Waals surface area contributed by atoms with Gasteiger partial charge in [0.1, 0.15) is 6.04 Å². The Morgan fingerprint density at radius 1 is 1.28 bits per heavy atom. The van der Waals surface area contributed by atoms with Crippen molar-refractivity contribution in [1.29, 1.82) is 0 Å². The highest BCUT2D eigenvalue weighted by Gasteiger charge is 2.31. The number of nitrogens with one attached hydrogen (secondary N) is 2. The van der Waals surface area contributed by atoms with Crippen LogP contribution in [0.4, 0.5) is 0 Å². The smallest absolute Gasteiger partial charge is 0.326 e. The first-order valence-corrected chi connectivity index (χ1v) is 8.52. The number of hydrogen-bond acceptors (Lipinski definition) is 4. The van der Waals surface area contributed by atoms with Crippen LogP contribution in [0.5, 0.6) is 0 Å². The van der Waals surface area contributed by atoms with Crippen molar-refractivity contribution in [3.05, 3.63) is 35.4 Å². The summed E-state index contributed by atoms with van der Waals surface area (Å²) in [4.78, 5) is 36.0. The molecule has 1 aliphatic rings. The zero-order valence-electron chi connectivity index (χ0n) is 14.3. The summed E-state index contributed by atoms with van der Waals surface area (Å²) in [5, 5.41) is 14.7. The second-order valence-electron chi connectivity index (χ2n) is 6.10. The summed E-state index contributed by atoms with van der Waals surface area (Å²) in [6.07, 6.45) is 2.28. The fourth-order valence-corrected chi connectivity index (χ4v) is 2.78. The van der Waals surface area contributed by atoms with Gasteiger partial charge in [-0.1, -0.05) is 13.0 Å². The van der Waals surface area contributed by atoms with Gasteiger partial charge >= 0.3 is 5.97 Å². The number of carbonyl (C=O) groups excluding carboxylic acids is 2. The predicted molar refractivity (Wildman–Crippen MR) is 91.5 cm³/mol. The zero-order chi connectivity index (χ0) is 18.2. The Bertz CT molecular complexity index is 626. The van der Waals surface area contributed by atoms with E-state index in [9.17, 15) is 19.5 Å². The standard InChI is InChI=1S/C18H24N2O5/c1-2-8-19-16(21)12-5-3-6-13(10-12)17(22)20-15(18(23)24)14-7-4-9-25-11-14/h3,5-6,10,14-15H,2,4,7-9,11H2,1H3,(H,19,21)(H,20,22)(H,23,24). The molecule has 2 atom stereocenters. The number of rotatable bonds is 7. The summed E-state index contributed by atoms with van der Waals surface area (Å²) < 4.78 is 5.32. The van der Waals surface area contributed by atoms with Crippen molar-refractivity contribution in [3.8, 4) is 0 Å². The largest absolute Gasteiger partial charge is 0.480 e. The Morgan fingerprint density at radius 3 is 2.60 bits per heavy atom. The Morgan fingerprint density at radius 2 is 2.00 bits per heavy atom. The molecule has 2 rings (SSSR count). The van der Waals surface area contributed by atoms with Crippen LogP contribution in [0.2, 0.25) is 0 Å². The quantitative estimate of drug-likeness (QED) is 0.691. The van der Waals surface area contributed by atoms with E-state index < -0.39 is 17.9 Å². The summed E-state index contributed by atoms with van der Waals surface area (Å²) in [6.45, 7) is 3.44. The highest BCUT2D eigenvalue weighted by molar-refractivity contribution is 6.00. The number of carbonyl (C=O) groups is 3. The molecule has 136 valence electrons. The second kappa shape index (κ2) is 9.17. The molecule has 1 aromatic carbocycles. The van der Waals surface area contributed by atoms with Crippen LogP contribution in [0.15, 0.2) is 24.3 Å². The number of hydrogen-bond donors (Lipinski definition) is 3. The fraction of sp³-hybridized carbons (Fsp3) is 0.500. The van der Waals surface area contributed by atoms with E-state index in [1.807, 2.05) is 6.92 Å². The van der Waals surface area contributed by atoms with Gasteiger partial charge in [-0.25, -0.2) is 4.79 Å². The number of aliphatic carboxylic acids is 1. The van der Waals surface area contributed by atoms with Crippen molar-refractivity contribution in [3.63, 3.8) is 0 Å². The number of carboxylic acids is 1. The number of benzene rings is 1. The summed E-state index contributed by atoms with van der Waals surface area (Å²) in [7, 11) is 0. The Labute approximate surface area is 146 Å². The molecule has 0 radical (unpaired) electrons. The molecule has 0 aliphatic carbocycles. The van der Waals surface area contributed by atoms with E-state index in [1.165, 1.54) is 6.07 Å². The Balaban J connectivity index is 2.08. The van der Waals surface area contributed by atoms with Crippen LogP contribution in [0, 0.1) is 5.92 Å². The average molecular weight is 348 g/mol. The minimum Gasteiger partial charge on any atom is -0.480 e. The van der Waals surface area contributed by atoms with Crippen molar-refractivity contribution in [2.45, 2.75) is 32.2 Å². The van der Waals surface area contributed by atoms with Crippen LogP contribution in [-0.4, -0.2) is 48.7 Å². The molecule has 0 saturated carbocycles. The maximum Gasteiger partial charge on any atom is 0.326 e. The van der Waals surface area contributed by atoms with Crippen LogP contribution >= 0.6 is 0 Å². The number of amides is 2. The van der Waals surface area contributed by atoms with Crippen molar-refractivity contribution < 1.29 is 24.2 Å². The van der Waals surface area contributed by atoms with E-state index >= 15 is 0 Å². The van der Waals surface area contributed by atoms with Gasteiger partial charge in [-0.05, 0) is 37.5 Å². The lowest BCUT2D eigenvalue weighted by Crippen LogP contribution is -2.48. The maximum atomic E-state index is 12.4. The lowest BCUT2D eigenvalue weighted by molar-refractivity contribution is -0.142. The van der Waals surface area contributed by atoms with Gasteiger partial charge in [0.15, 0.2) is 0 Å². The molecule has 1 heterocycles. The maximum absolute atomic E-state index is 12.4. The molecule has 1 saturated heterocycles. The van der Waals surface area contributed by atoms with Crippen molar-refractivity contribution >= 4 is 17.8 Å². The van der Waals surface area contributed by atoms with Gasteiger partial charge in [-0.15, -0.1) is 0 Å². The first-order valence-electron chi connectivity index (χ1n) is 8.52. The van der Waals surface area contributed by atoms with Crippen LogP contribution in [0.25, 0.3) is 0 Å². The van der Waals surface area contributed by atoms with E-state index in [4.69, 9.17) is 4.74 Å². The number of ether oxygens (including phenoxy) is 1. The fourth-order valence-electron chi connectivity index (χ4n) is 2.78. The molecular formula is C18H24N2O5. The summed E-state index contributed by atoms with van der Waals surface area (Å²) in [5.41, 5.74) is 0.626. The van der Waals surface area contributed by atoms with Gasteiger partial charge in [0, 0.05) is 30.2 Å². The molecule has 7 nitrogen and oxygen atoms in total. The summed E-state index contributed by atoms with van der Waals surface area (Å²) >= 11 is 0. The minimum absolute atomic E-state index is 0.257. The average Bonchev–Trinajstić information content (AvgIpc) is 2.64. The van der Waals surface area contributed by atoms with E-state index in [0.717, 1.165) is 12.8 Å². The molecule has 1 aromatic rings. The lowest BCUT2D eigenvalue weighted by Gasteiger charge is -2.28. The highest BCUT2D eigenvalue weighted by atomic mass is 16.5. The molecule has 0 aromatic heterocycles. The van der Waals surface area contributed by atoms with Gasteiger partial charge in [-0.3, -0.25) is 9.59 Å². The minimum atomic E-state index is -1.08. The summed E-state index contributed by atoms with van der Waals surface area (Å²) in [6, 6.07) is 5.24. The lowest BCUT2D eigenvalue weighted by atomic mass is 9.93. The van der Waals surface area contributed by atoms with E-state index in [0.29, 0.717) is 31.7 Å². The molecule has 3 N–H and O–H groups in total. The first-order chi connectivity index (χ1) is 12.0. The van der Waals surface area contributed by atoms with E-state index in [2.05, 4.69) is 10.6 Å². The SMILES string of the molecule is CCCNC(=O)c1cccc(C(=O)NC(C(=O)O)C2CCCOC2)c1. The third kappa shape index (κ3) is 5.29. The van der Waals surface area contributed by atoms with Gasteiger partial charge in [0.25, 0.3) is 11.8 Å². The topological polar surface area (TPSA) is 105 Å². The van der Waals surface area contributed by atoms with Crippen LogP contribution < -0.4 is 10.6 Å². The zero-order valence-corrected chi connectivity index (χ0v) is 14.3. The predicted octanol–water partition coefficient (Wildman–Crippen LogP) is 1.44. The first kappa shape index (κ1) is 18.9. The molecule has 7 heteroatoms. The monoisotopic (exact) mass is 348 g/mol.